The van der Waals surface area contributed by atoms with Gasteiger partial charge in [-0.05, 0) is 30.7 Å². The van der Waals surface area contributed by atoms with Crippen LogP contribution >= 0.6 is 0 Å². The van der Waals surface area contributed by atoms with Gasteiger partial charge in [-0.1, -0.05) is 12.1 Å². The molecule has 1 N–H and O–H groups in total. The predicted molar refractivity (Wildman–Crippen MR) is 73.4 cm³/mol. The average molecular weight is 260 g/mol. The second kappa shape index (κ2) is 5.80. The molecule has 3 nitrogen and oxygen atoms in total. The van der Waals surface area contributed by atoms with Crippen LogP contribution in [0.25, 0.3) is 0 Å². The highest BCUT2D eigenvalue weighted by Crippen LogP contribution is 2.28. The lowest BCUT2D eigenvalue weighted by molar-refractivity contribution is 0.194. The van der Waals surface area contributed by atoms with E-state index in [1.54, 1.807) is 25.4 Å². The van der Waals surface area contributed by atoms with Crippen LogP contribution in [0.3, 0.4) is 0 Å². The molecule has 1 aromatic carbocycles. The molecule has 0 saturated carbocycles. The van der Waals surface area contributed by atoms with Gasteiger partial charge in [-0.15, -0.1) is 0 Å². The minimum Gasteiger partial charge on any atom is -0.389 e. The third-order valence-corrected chi connectivity index (χ3v) is 3.00. The minimum absolute atomic E-state index is 0.328. The Kier molecular flexibility index (Phi) is 4.12. The lowest BCUT2D eigenvalue weighted by atomic mass is 10.1. The number of benzene rings is 1. The highest BCUT2D eigenvalue weighted by molar-refractivity contribution is 5.54. The topological polar surface area (TPSA) is 36.4 Å². The largest absolute Gasteiger partial charge is 0.389 e. The molecule has 2 aromatic rings. The smallest absolute Gasteiger partial charge is 0.131 e. The number of nitrogens with zero attached hydrogens (tertiary/aromatic N) is 2. The molecule has 0 saturated heterocycles. The molecule has 2 rings (SSSR count). The van der Waals surface area contributed by atoms with Gasteiger partial charge in [0.05, 0.1) is 6.10 Å². The quantitative estimate of drug-likeness (QED) is 0.918. The number of hydrogen-bond donors (Lipinski definition) is 1. The maximum absolute atomic E-state index is 13.8. The fourth-order valence-electron chi connectivity index (χ4n) is 2.12. The Morgan fingerprint density at radius 1 is 1.32 bits per heavy atom. The molecule has 0 aliphatic heterocycles. The highest BCUT2D eigenvalue weighted by Gasteiger charge is 2.16. The van der Waals surface area contributed by atoms with Crippen molar-refractivity contribution in [2.75, 3.05) is 11.9 Å². The van der Waals surface area contributed by atoms with Crippen LogP contribution in [-0.4, -0.2) is 17.1 Å². The van der Waals surface area contributed by atoms with Crippen LogP contribution in [0.4, 0.5) is 10.1 Å². The Morgan fingerprint density at radius 3 is 2.74 bits per heavy atom. The summed E-state index contributed by atoms with van der Waals surface area (Å²) in [5.74, 6) is -0.384. The van der Waals surface area contributed by atoms with E-state index in [0.29, 0.717) is 17.8 Å². The van der Waals surface area contributed by atoms with Gasteiger partial charge in [-0.25, -0.2) is 4.39 Å². The van der Waals surface area contributed by atoms with Gasteiger partial charge in [-0.3, -0.25) is 4.98 Å². The summed E-state index contributed by atoms with van der Waals surface area (Å²) in [7, 11) is 1.87. The van der Waals surface area contributed by atoms with E-state index in [0.717, 1.165) is 5.56 Å². The first-order valence-electron chi connectivity index (χ1n) is 6.16. The van der Waals surface area contributed by atoms with Crippen molar-refractivity contribution in [2.24, 2.45) is 0 Å². The molecule has 0 aliphatic rings. The first-order valence-corrected chi connectivity index (χ1v) is 6.16. The summed E-state index contributed by atoms with van der Waals surface area (Å²) in [4.78, 5) is 5.96. The normalized spacial score (nSPS) is 12.2. The lowest BCUT2D eigenvalue weighted by Crippen LogP contribution is -2.19. The number of anilines is 1. The van der Waals surface area contributed by atoms with Gasteiger partial charge in [0.1, 0.15) is 5.82 Å². The fraction of sp³-hybridized carbons (Fsp3) is 0.267. The van der Waals surface area contributed by atoms with E-state index in [2.05, 4.69) is 4.98 Å². The molecule has 1 atom stereocenters. The zero-order valence-corrected chi connectivity index (χ0v) is 11.0. The SMILES string of the molecule is C[C@H](O)c1c(F)cccc1N(C)Cc1cccnc1. The number of aliphatic hydroxyl groups is 1. The van der Waals surface area contributed by atoms with Crippen LogP contribution in [0, 0.1) is 5.82 Å². The lowest BCUT2D eigenvalue weighted by Gasteiger charge is -2.24. The number of rotatable bonds is 4. The number of aromatic nitrogens is 1. The molecule has 0 bridgehead atoms. The summed E-state index contributed by atoms with van der Waals surface area (Å²) in [5, 5.41) is 9.72. The average Bonchev–Trinajstić information content (AvgIpc) is 2.39. The zero-order valence-electron chi connectivity index (χ0n) is 11.0. The third-order valence-electron chi connectivity index (χ3n) is 3.00. The molecular weight excluding hydrogens is 243 g/mol. The maximum Gasteiger partial charge on any atom is 0.131 e. The Bertz CT molecular complexity index is 543. The highest BCUT2D eigenvalue weighted by atomic mass is 19.1. The van der Waals surface area contributed by atoms with Crippen LogP contribution < -0.4 is 4.90 Å². The molecule has 100 valence electrons. The van der Waals surface area contributed by atoms with Crippen LogP contribution in [0.15, 0.2) is 42.7 Å². The van der Waals surface area contributed by atoms with Crippen molar-refractivity contribution in [1.29, 1.82) is 0 Å². The predicted octanol–water partition coefficient (Wildman–Crippen LogP) is 2.91. The van der Waals surface area contributed by atoms with E-state index < -0.39 is 6.10 Å². The van der Waals surface area contributed by atoms with Crippen molar-refractivity contribution in [3.8, 4) is 0 Å². The van der Waals surface area contributed by atoms with Crippen molar-refractivity contribution in [3.05, 3.63) is 59.7 Å². The van der Waals surface area contributed by atoms with Crippen LogP contribution in [0.2, 0.25) is 0 Å². The molecule has 1 aromatic heterocycles. The van der Waals surface area contributed by atoms with Crippen molar-refractivity contribution in [3.63, 3.8) is 0 Å². The first kappa shape index (κ1) is 13.5. The van der Waals surface area contributed by atoms with Gasteiger partial charge in [0.2, 0.25) is 0 Å². The van der Waals surface area contributed by atoms with Gasteiger partial charge in [-0.2, -0.15) is 0 Å². The van der Waals surface area contributed by atoms with Gasteiger partial charge >= 0.3 is 0 Å². The Balaban J connectivity index is 2.29. The van der Waals surface area contributed by atoms with Crippen molar-refractivity contribution in [1.82, 2.24) is 4.98 Å². The van der Waals surface area contributed by atoms with Gasteiger partial charge in [0.15, 0.2) is 0 Å². The van der Waals surface area contributed by atoms with Gasteiger partial charge in [0, 0.05) is 37.2 Å². The second-order valence-electron chi connectivity index (χ2n) is 4.57. The van der Waals surface area contributed by atoms with Crippen LogP contribution in [-0.2, 0) is 6.54 Å². The Hall–Kier alpha value is -1.94. The number of halogens is 1. The summed E-state index contributed by atoms with van der Waals surface area (Å²) in [6.45, 7) is 2.18. The number of aliphatic hydroxyl groups excluding tert-OH is 1. The van der Waals surface area contributed by atoms with E-state index in [-0.39, 0.29) is 5.82 Å². The van der Waals surface area contributed by atoms with Crippen molar-refractivity contribution >= 4 is 5.69 Å². The summed E-state index contributed by atoms with van der Waals surface area (Å²) in [6, 6.07) is 8.65. The number of hydrogen-bond acceptors (Lipinski definition) is 3. The molecule has 4 heteroatoms. The zero-order chi connectivity index (χ0) is 13.8. The Labute approximate surface area is 112 Å². The standard InChI is InChI=1S/C15H17FN2O/c1-11(19)15-13(16)6-3-7-14(15)18(2)10-12-5-4-8-17-9-12/h3-9,11,19H,10H2,1-2H3/t11-/m0/s1. The van der Waals surface area contributed by atoms with Crippen LogP contribution in [0.1, 0.15) is 24.2 Å². The van der Waals surface area contributed by atoms with E-state index >= 15 is 0 Å². The van der Waals surface area contributed by atoms with E-state index in [1.165, 1.54) is 6.07 Å². The maximum atomic E-state index is 13.8. The molecule has 19 heavy (non-hydrogen) atoms. The molecule has 0 amide bonds. The van der Waals surface area contributed by atoms with Crippen LogP contribution in [0.5, 0.6) is 0 Å². The first-order chi connectivity index (χ1) is 9.09. The monoisotopic (exact) mass is 260 g/mol. The molecule has 0 unspecified atom stereocenters. The molecule has 0 spiro atoms. The van der Waals surface area contributed by atoms with Gasteiger partial charge < -0.3 is 10.0 Å². The fourth-order valence-corrected chi connectivity index (χ4v) is 2.12. The summed E-state index contributed by atoms with van der Waals surface area (Å²) >= 11 is 0. The number of pyridine rings is 1. The van der Waals surface area contributed by atoms with E-state index in [4.69, 9.17) is 0 Å². The molecule has 1 heterocycles. The second-order valence-corrected chi connectivity index (χ2v) is 4.57. The molecule has 0 fully saturated rings. The minimum atomic E-state index is -0.840. The van der Waals surface area contributed by atoms with E-state index in [9.17, 15) is 9.50 Å². The van der Waals surface area contributed by atoms with Crippen molar-refractivity contribution in [2.45, 2.75) is 19.6 Å². The van der Waals surface area contributed by atoms with Gasteiger partial charge in [0.25, 0.3) is 0 Å². The van der Waals surface area contributed by atoms with Crippen molar-refractivity contribution < 1.29 is 9.50 Å². The Morgan fingerprint density at radius 2 is 2.11 bits per heavy atom. The third kappa shape index (κ3) is 3.09. The summed E-state index contributed by atoms with van der Waals surface area (Å²) < 4.78 is 13.8. The summed E-state index contributed by atoms with van der Waals surface area (Å²) in [6.07, 6.45) is 2.65. The molecular formula is C15H17FN2O. The summed E-state index contributed by atoms with van der Waals surface area (Å²) in [5.41, 5.74) is 2.05. The molecule has 0 aliphatic carbocycles. The van der Waals surface area contributed by atoms with E-state index in [1.807, 2.05) is 30.1 Å². The molecule has 0 radical (unpaired) electrons.